The smallest absolute Gasteiger partial charge is 0.407 e. The molecule has 1 N–H and O–H groups in total. The molecule has 96 valence electrons. The molecule has 0 aliphatic carbocycles. The SMILES string of the molecule is CC(C)(C)OC(=O)N[C@H]1CC[C@H](CC#N)OC1. The van der Waals surface area contributed by atoms with Gasteiger partial charge in [0, 0.05) is 0 Å². The van der Waals surface area contributed by atoms with E-state index in [1.165, 1.54) is 0 Å². The second kappa shape index (κ2) is 5.87. The lowest BCUT2D eigenvalue weighted by atomic mass is 10.0. The number of carbonyl (C=O) groups excluding carboxylic acids is 1. The van der Waals surface area contributed by atoms with Crippen LogP contribution in [0.15, 0.2) is 0 Å². The van der Waals surface area contributed by atoms with E-state index >= 15 is 0 Å². The van der Waals surface area contributed by atoms with Crippen molar-refractivity contribution < 1.29 is 14.3 Å². The fraction of sp³-hybridized carbons (Fsp3) is 0.833. The fourth-order valence-corrected chi connectivity index (χ4v) is 1.66. The van der Waals surface area contributed by atoms with E-state index in [0.29, 0.717) is 13.0 Å². The van der Waals surface area contributed by atoms with Gasteiger partial charge in [-0.2, -0.15) is 5.26 Å². The summed E-state index contributed by atoms with van der Waals surface area (Å²) in [6.07, 6.45) is 1.64. The van der Waals surface area contributed by atoms with Crippen molar-refractivity contribution in [3.63, 3.8) is 0 Å². The molecule has 0 aromatic carbocycles. The van der Waals surface area contributed by atoms with Crippen molar-refractivity contribution in [2.24, 2.45) is 0 Å². The van der Waals surface area contributed by atoms with Crippen molar-refractivity contribution >= 4 is 6.09 Å². The normalized spacial score (nSPS) is 24.8. The van der Waals surface area contributed by atoms with E-state index in [9.17, 15) is 4.79 Å². The minimum atomic E-state index is -0.483. The van der Waals surface area contributed by atoms with Gasteiger partial charge in [0.2, 0.25) is 0 Å². The Morgan fingerprint density at radius 1 is 1.53 bits per heavy atom. The molecule has 0 radical (unpaired) electrons. The maximum absolute atomic E-state index is 11.5. The molecule has 1 rings (SSSR count). The Morgan fingerprint density at radius 2 is 2.24 bits per heavy atom. The summed E-state index contributed by atoms with van der Waals surface area (Å²) in [6.45, 7) is 5.93. The fourth-order valence-electron chi connectivity index (χ4n) is 1.66. The van der Waals surface area contributed by atoms with Crippen molar-refractivity contribution in [1.82, 2.24) is 5.32 Å². The van der Waals surface area contributed by atoms with Gasteiger partial charge in [-0.1, -0.05) is 0 Å². The van der Waals surface area contributed by atoms with Gasteiger partial charge in [0.15, 0.2) is 0 Å². The Hall–Kier alpha value is -1.28. The molecule has 1 heterocycles. The average Bonchev–Trinajstić information content (AvgIpc) is 2.18. The van der Waals surface area contributed by atoms with Crippen LogP contribution in [-0.4, -0.2) is 30.4 Å². The highest BCUT2D eigenvalue weighted by atomic mass is 16.6. The minimum Gasteiger partial charge on any atom is -0.444 e. The van der Waals surface area contributed by atoms with Gasteiger partial charge in [0.05, 0.1) is 31.2 Å². The van der Waals surface area contributed by atoms with Gasteiger partial charge in [-0.05, 0) is 33.6 Å². The monoisotopic (exact) mass is 240 g/mol. The number of hydrogen-bond donors (Lipinski definition) is 1. The molecule has 0 saturated carbocycles. The zero-order valence-electron chi connectivity index (χ0n) is 10.7. The third-order valence-corrected chi connectivity index (χ3v) is 2.41. The van der Waals surface area contributed by atoms with E-state index in [0.717, 1.165) is 12.8 Å². The number of nitrogens with zero attached hydrogens (tertiary/aromatic N) is 1. The third kappa shape index (κ3) is 5.55. The number of nitrogens with one attached hydrogen (secondary N) is 1. The van der Waals surface area contributed by atoms with Crippen molar-refractivity contribution in [2.75, 3.05) is 6.61 Å². The molecule has 2 atom stereocenters. The number of carbonyl (C=O) groups is 1. The number of rotatable bonds is 2. The highest BCUT2D eigenvalue weighted by Crippen LogP contribution is 2.16. The molecule has 0 bridgehead atoms. The molecule has 0 spiro atoms. The molecule has 1 saturated heterocycles. The molecule has 0 aromatic heterocycles. The largest absolute Gasteiger partial charge is 0.444 e. The predicted octanol–water partition coefficient (Wildman–Crippen LogP) is 1.97. The molecule has 5 heteroatoms. The van der Waals surface area contributed by atoms with Crippen LogP contribution in [0.2, 0.25) is 0 Å². The first-order valence-corrected chi connectivity index (χ1v) is 5.89. The van der Waals surface area contributed by atoms with E-state index in [-0.39, 0.29) is 12.1 Å². The first kappa shape index (κ1) is 13.8. The number of nitriles is 1. The van der Waals surface area contributed by atoms with Crippen molar-refractivity contribution in [3.8, 4) is 6.07 Å². The van der Waals surface area contributed by atoms with Gasteiger partial charge in [0.25, 0.3) is 0 Å². The molecule has 5 nitrogen and oxygen atoms in total. The Balaban J connectivity index is 2.27. The Morgan fingerprint density at radius 3 is 2.71 bits per heavy atom. The van der Waals surface area contributed by atoms with Crippen LogP contribution in [0.1, 0.15) is 40.0 Å². The second-order valence-electron chi connectivity index (χ2n) is 5.24. The lowest BCUT2D eigenvalue weighted by Crippen LogP contribution is -2.44. The number of hydrogen-bond acceptors (Lipinski definition) is 4. The molecule has 1 fully saturated rings. The lowest BCUT2D eigenvalue weighted by Gasteiger charge is -2.29. The molecule has 1 aliphatic rings. The van der Waals surface area contributed by atoms with E-state index in [4.69, 9.17) is 14.7 Å². The lowest BCUT2D eigenvalue weighted by molar-refractivity contribution is -0.00538. The summed E-state index contributed by atoms with van der Waals surface area (Å²) in [6, 6.07) is 2.07. The molecule has 1 amide bonds. The van der Waals surface area contributed by atoms with Crippen LogP contribution in [-0.2, 0) is 9.47 Å². The summed E-state index contributed by atoms with van der Waals surface area (Å²) >= 11 is 0. The number of alkyl carbamates (subject to hydrolysis) is 1. The first-order chi connectivity index (χ1) is 7.90. The highest BCUT2D eigenvalue weighted by molar-refractivity contribution is 5.68. The summed E-state index contributed by atoms with van der Waals surface area (Å²) in [5.41, 5.74) is -0.483. The standard InChI is InChI=1S/C12H20N2O3/c1-12(2,3)17-11(15)14-9-4-5-10(6-7-13)16-8-9/h9-10H,4-6,8H2,1-3H3,(H,14,15)/t9-,10+/m0/s1. The number of amides is 1. The Bertz CT molecular complexity index is 296. The highest BCUT2D eigenvalue weighted by Gasteiger charge is 2.24. The zero-order chi connectivity index (χ0) is 12.9. The minimum absolute atomic E-state index is 0.0108. The summed E-state index contributed by atoms with van der Waals surface area (Å²) in [5, 5.41) is 11.3. The topological polar surface area (TPSA) is 71.3 Å². The Kier molecular flexibility index (Phi) is 4.76. The molecule has 0 aromatic rings. The van der Waals surface area contributed by atoms with Crippen molar-refractivity contribution in [3.05, 3.63) is 0 Å². The first-order valence-electron chi connectivity index (χ1n) is 5.89. The average molecular weight is 240 g/mol. The predicted molar refractivity (Wildman–Crippen MR) is 62.4 cm³/mol. The van der Waals surface area contributed by atoms with E-state index < -0.39 is 11.7 Å². The van der Waals surface area contributed by atoms with Crippen LogP contribution in [0, 0.1) is 11.3 Å². The van der Waals surface area contributed by atoms with Gasteiger partial charge in [-0.25, -0.2) is 4.79 Å². The van der Waals surface area contributed by atoms with Gasteiger partial charge in [-0.3, -0.25) is 0 Å². The van der Waals surface area contributed by atoms with Crippen LogP contribution in [0.5, 0.6) is 0 Å². The van der Waals surface area contributed by atoms with Crippen LogP contribution >= 0.6 is 0 Å². The summed E-state index contributed by atoms with van der Waals surface area (Å²) in [5.74, 6) is 0. The third-order valence-electron chi connectivity index (χ3n) is 2.41. The maximum Gasteiger partial charge on any atom is 0.407 e. The van der Waals surface area contributed by atoms with E-state index in [2.05, 4.69) is 11.4 Å². The molecule has 0 unspecified atom stereocenters. The molecule has 1 aliphatic heterocycles. The Labute approximate surface area is 102 Å². The van der Waals surface area contributed by atoms with Gasteiger partial charge in [-0.15, -0.1) is 0 Å². The van der Waals surface area contributed by atoms with Gasteiger partial charge >= 0.3 is 6.09 Å². The summed E-state index contributed by atoms with van der Waals surface area (Å²) in [4.78, 5) is 11.5. The van der Waals surface area contributed by atoms with Crippen LogP contribution in [0.4, 0.5) is 4.79 Å². The van der Waals surface area contributed by atoms with E-state index in [1.54, 1.807) is 0 Å². The molecular formula is C12H20N2O3. The maximum atomic E-state index is 11.5. The van der Waals surface area contributed by atoms with Crippen LogP contribution in [0.3, 0.4) is 0 Å². The zero-order valence-corrected chi connectivity index (χ0v) is 10.7. The number of ether oxygens (including phenoxy) is 2. The second-order valence-corrected chi connectivity index (χ2v) is 5.24. The van der Waals surface area contributed by atoms with Crippen LogP contribution < -0.4 is 5.32 Å². The van der Waals surface area contributed by atoms with Crippen LogP contribution in [0.25, 0.3) is 0 Å². The van der Waals surface area contributed by atoms with E-state index in [1.807, 2.05) is 20.8 Å². The molecule has 17 heavy (non-hydrogen) atoms. The van der Waals surface area contributed by atoms with Gasteiger partial charge < -0.3 is 14.8 Å². The summed E-state index contributed by atoms with van der Waals surface area (Å²) < 4.78 is 10.6. The molecular weight excluding hydrogens is 220 g/mol. The summed E-state index contributed by atoms with van der Waals surface area (Å²) in [7, 11) is 0. The van der Waals surface area contributed by atoms with Gasteiger partial charge in [0.1, 0.15) is 5.60 Å². The van der Waals surface area contributed by atoms with Crippen molar-refractivity contribution in [2.45, 2.75) is 57.8 Å². The quantitative estimate of drug-likeness (QED) is 0.801. The van der Waals surface area contributed by atoms with Crippen molar-refractivity contribution in [1.29, 1.82) is 5.26 Å².